The van der Waals surface area contributed by atoms with E-state index < -0.39 is 0 Å². The smallest absolute Gasteiger partial charge is 0.0562 e. The van der Waals surface area contributed by atoms with Gasteiger partial charge in [0.1, 0.15) is 0 Å². The van der Waals surface area contributed by atoms with Crippen molar-refractivity contribution in [3.05, 3.63) is 54.0 Å². The van der Waals surface area contributed by atoms with Crippen molar-refractivity contribution < 1.29 is 0 Å². The largest absolute Gasteiger partial charge is 0.362 e. The molecular weight excluding hydrogens is 206 g/mol. The molecule has 1 saturated heterocycles. The maximum atomic E-state index is 3.83. The van der Waals surface area contributed by atoms with Gasteiger partial charge in [0.15, 0.2) is 0 Å². The summed E-state index contributed by atoms with van der Waals surface area (Å²) in [5.74, 6) is 0. The van der Waals surface area contributed by atoms with Crippen LogP contribution in [0.15, 0.2) is 54.0 Å². The second-order valence-corrected chi connectivity index (χ2v) is 4.71. The molecule has 1 heteroatoms. The van der Waals surface area contributed by atoms with Crippen LogP contribution >= 0.6 is 0 Å². The second-order valence-electron chi connectivity index (χ2n) is 4.71. The van der Waals surface area contributed by atoms with Crippen LogP contribution in [0.5, 0.6) is 0 Å². The van der Waals surface area contributed by atoms with Crippen molar-refractivity contribution >= 4 is 0 Å². The van der Waals surface area contributed by atoms with Crippen molar-refractivity contribution in [3.63, 3.8) is 0 Å². The van der Waals surface area contributed by atoms with E-state index in [0.29, 0.717) is 6.04 Å². The average Bonchev–Trinajstić information content (AvgIpc) is 2.66. The van der Waals surface area contributed by atoms with Crippen molar-refractivity contribution in [1.82, 2.24) is 4.90 Å². The summed E-state index contributed by atoms with van der Waals surface area (Å²) >= 11 is 0. The van der Waals surface area contributed by atoms with E-state index in [1.54, 1.807) is 0 Å². The summed E-state index contributed by atoms with van der Waals surface area (Å²) in [4.78, 5) is 2.47. The van der Waals surface area contributed by atoms with Crippen LogP contribution in [0.3, 0.4) is 0 Å². The first-order valence-electron chi connectivity index (χ1n) is 6.50. The third-order valence-corrected chi connectivity index (χ3v) is 3.64. The lowest BCUT2D eigenvalue weighted by atomic mass is 9.99. The number of allylic oxidation sites excluding steroid dienone is 6. The zero-order valence-corrected chi connectivity index (χ0v) is 10.7. The lowest BCUT2D eigenvalue weighted by Gasteiger charge is -2.36. The van der Waals surface area contributed by atoms with E-state index in [1.807, 2.05) is 0 Å². The lowest BCUT2D eigenvalue weighted by molar-refractivity contribution is 0.251. The van der Waals surface area contributed by atoms with Gasteiger partial charge in [-0.25, -0.2) is 0 Å². The van der Waals surface area contributed by atoms with Gasteiger partial charge in [0.2, 0.25) is 0 Å². The van der Waals surface area contributed by atoms with Crippen LogP contribution in [0.25, 0.3) is 0 Å². The molecule has 2 aliphatic rings. The quantitative estimate of drug-likeness (QED) is 0.645. The summed E-state index contributed by atoms with van der Waals surface area (Å²) in [6, 6.07) is 0.465. The number of likely N-dealkylation sites (tertiary alicyclic amines) is 1. The molecular formula is C16H21N. The van der Waals surface area contributed by atoms with Crippen LogP contribution < -0.4 is 0 Å². The maximum Gasteiger partial charge on any atom is 0.0562 e. The SMILES string of the molecule is C=C=C1CCCCN1[C@@H](C)C1=CC=CC=CC1. The van der Waals surface area contributed by atoms with E-state index in [2.05, 4.69) is 54.5 Å². The van der Waals surface area contributed by atoms with Gasteiger partial charge in [0.25, 0.3) is 0 Å². The van der Waals surface area contributed by atoms with E-state index in [4.69, 9.17) is 0 Å². The highest BCUT2D eigenvalue weighted by Gasteiger charge is 2.22. The van der Waals surface area contributed by atoms with E-state index in [0.717, 1.165) is 19.4 Å². The topological polar surface area (TPSA) is 3.24 Å². The Morgan fingerprint density at radius 2 is 2.18 bits per heavy atom. The molecule has 1 aliphatic carbocycles. The highest BCUT2D eigenvalue weighted by Crippen LogP contribution is 2.26. The number of nitrogens with zero attached hydrogens (tertiary/aromatic N) is 1. The fourth-order valence-electron chi connectivity index (χ4n) is 2.57. The fourth-order valence-corrected chi connectivity index (χ4v) is 2.57. The standard InChI is InChI=1S/C16H21N/c1-3-16-12-8-9-13-17(16)14(2)15-10-6-4-5-7-11-15/h4-7,10,14H,1,8-9,11-13H2,2H3/t14-/m0/s1. The molecule has 1 nitrogen and oxygen atoms in total. The second kappa shape index (κ2) is 5.75. The Morgan fingerprint density at radius 1 is 1.29 bits per heavy atom. The van der Waals surface area contributed by atoms with Crippen molar-refractivity contribution in [3.8, 4) is 0 Å². The van der Waals surface area contributed by atoms with Gasteiger partial charge in [0, 0.05) is 12.6 Å². The van der Waals surface area contributed by atoms with E-state index in [1.165, 1.54) is 24.1 Å². The predicted molar refractivity (Wildman–Crippen MR) is 73.7 cm³/mol. The van der Waals surface area contributed by atoms with E-state index in [-0.39, 0.29) is 0 Å². The Hall–Kier alpha value is -1.46. The number of hydrogen-bond donors (Lipinski definition) is 0. The van der Waals surface area contributed by atoms with Crippen molar-refractivity contribution in [2.24, 2.45) is 0 Å². The van der Waals surface area contributed by atoms with Crippen LogP contribution in [0, 0.1) is 0 Å². The van der Waals surface area contributed by atoms with Crippen LogP contribution in [0.1, 0.15) is 32.6 Å². The first kappa shape index (κ1) is 12.0. The van der Waals surface area contributed by atoms with Gasteiger partial charge >= 0.3 is 0 Å². The highest BCUT2D eigenvalue weighted by molar-refractivity contribution is 5.27. The van der Waals surface area contributed by atoms with Gasteiger partial charge in [-0.05, 0) is 38.2 Å². The molecule has 2 rings (SSSR count). The molecule has 0 aromatic carbocycles. The van der Waals surface area contributed by atoms with Crippen molar-refractivity contribution in [2.75, 3.05) is 6.54 Å². The molecule has 0 unspecified atom stereocenters. The van der Waals surface area contributed by atoms with Gasteiger partial charge in [-0.1, -0.05) is 37.0 Å². The minimum atomic E-state index is 0.465. The monoisotopic (exact) mass is 227 g/mol. The maximum absolute atomic E-state index is 3.83. The molecule has 1 fully saturated rings. The van der Waals surface area contributed by atoms with Crippen molar-refractivity contribution in [2.45, 2.75) is 38.6 Å². The molecule has 0 amide bonds. The molecule has 0 aromatic heterocycles. The van der Waals surface area contributed by atoms with Crippen molar-refractivity contribution in [1.29, 1.82) is 0 Å². The first-order valence-corrected chi connectivity index (χ1v) is 6.50. The number of piperidine rings is 1. The van der Waals surface area contributed by atoms with E-state index >= 15 is 0 Å². The summed E-state index contributed by atoms with van der Waals surface area (Å²) < 4.78 is 0. The van der Waals surface area contributed by atoms with Crippen LogP contribution in [0.4, 0.5) is 0 Å². The van der Waals surface area contributed by atoms with Gasteiger partial charge in [0.05, 0.1) is 5.70 Å². The van der Waals surface area contributed by atoms with Crippen LogP contribution in [0.2, 0.25) is 0 Å². The van der Waals surface area contributed by atoms with Crippen LogP contribution in [-0.2, 0) is 0 Å². The molecule has 1 atom stereocenters. The number of hydrogen-bond acceptors (Lipinski definition) is 1. The molecule has 1 heterocycles. The zero-order valence-electron chi connectivity index (χ0n) is 10.7. The first-order chi connectivity index (χ1) is 8.33. The molecule has 0 saturated carbocycles. The molecule has 0 bridgehead atoms. The Balaban J connectivity index is 2.15. The minimum Gasteiger partial charge on any atom is -0.362 e. The fraction of sp³-hybridized carbons (Fsp3) is 0.438. The molecule has 0 spiro atoms. The van der Waals surface area contributed by atoms with Crippen LogP contribution in [-0.4, -0.2) is 17.5 Å². The molecule has 1 aliphatic heterocycles. The molecule has 0 radical (unpaired) electrons. The Labute approximate surface area is 105 Å². The average molecular weight is 227 g/mol. The highest BCUT2D eigenvalue weighted by atomic mass is 15.2. The summed E-state index contributed by atoms with van der Waals surface area (Å²) in [5, 5.41) is 0. The minimum absolute atomic E-state index is 0.465. The summed E-state index contributed by atoms with van der Waals surface area (Å²) in [6.07, 6.45) is 15.6. The Morgan fingerprint density at radius 3 is 3.00 bits per heavy atom. The predicted octanol–water partition coefficient (Wildman–Crippen LogP) is 3.97. The third kappa shape index (κ3) is 2.81. The summed E-state index contributed by atoms with van der Waals surface area (Å²) in [7, 11) is 0. The summed E-state index contributed by atoms with van der Waals surface area (Å²) in [5.41, 5.74) is 5.89. The van der Waals surface area contributed by atoms with Gasteiger partial charge < -0.3 is 4.90 Å². The Kier molecular flexibility index (Phi) is 4.06. The third-order valence-electron chi connectivity index (χ3n) is 3.64. The van der Waals surface area contributed by atoms with Gasteiger partial charge in [-0.15, -0.1) is 5.73 Å². The van der Waals surface area contributed by atoms with Gasteiger partial charge in [-0.3, -0.25) is 0 Å². The molecule has 0 aromatic rings. The van der Waals surface area contributed by atoms with Gasteiger partial charge in [-0.2, -0.15) is 0 Å². The zero-order chi connectivity index (χ0) is 12.1. The molecule has 90 valence electrons. The number of rotatable bonds is 2. The summed E-state index contributed by atoms with van der Waals surface area (Å²) in [6.45, 7) is 7.27. The molecule has 0 N–H and O–H groups in total. The Bertz CT molecular complexity index is 405. The molecule has 17 heavy (non-hydrogen) atoms. The lowest BCUT2D eigenvalue weighted by Crippen LogP contribution is -2.36. The van der Waals surface area contributed by atoms with E-state index in [9.17, 15) is 0 Å². The normalized spacial score (nSPS) is 21.8.